The average molecular weight is 266 g/mol. The third kappa shape index (κ3) is 2.39. The topological polar surface area (TPSA) is 62.5 Å². The fraction of sp³-hybridized carbons (Fsp3) is 0.154. The third-order valence-electron chi connectivity index (χ3n) is 2.66. The fourth-order valence-electron chi connectivity index (χ4n) is 1.87. The smallest absolute Gasteiger partial charge is 0.352 e. The van der Waals surface area contributed by atoms with Gasteiger partial charge >= 0.3 is 5.97 Å². The minimum atomic E-state index is -1.01. The standard InChI is InChI=1S/C13H12ClNO3/c14-10-3-1-9(2-4-10)11-5-6-12(13(17)18)15(11)7-8-16/h1-6,16H,7-8H2,(H,17,18). The second-order valence-corrected chi connectivity index (χ2v) is 4.23. The molecule has 5 heteroatoms. The minimum Gasteiger partial charge on any atom is -0.477 e. The van der Waals surface area contributed by atoms with Crippen LogP contribution in [0.25, 0.3) is 11.3 Å². The Bertz CT molecular complexity index is 560. The molecule has 0 saturated heterocycles. The summed E-state index contributed by atoms with van der Waals surface area (Å²) in [5.74, 6) is -1.01. The van der Waals surface area contributed by atoms with Crippen molar-refractivity contribution in [1.82, 2.24) is 4.57 Å². The lowest BCUT2D eigenvalue weighted by Gasteiger charge is -2.10. The molecule has 1 aromatic heterocycles. The van der Waals surface area contributed by atoms with Gasteiger partial charge in [0.25, 0.3) is 0 Å². The van der Waals surface area contributed by atoms with Gasteiger partial charge in [0.05, 0.1) is 6.61 Å². The van der Waals surface area contributed by atoms with Crippen LogP contribution in [0.3, 0.4) is 0 Å². The highest BCUT2D eigenvalue weighted by molar-refractivity contribution is 6.30. The van der Waals surface area contributed by atoms with Gasteiger partial charge in [-0.25, -0.2) is 4.79 Å². The monoisotopic (exact) mass is 265 g/mol. The van der Waals surface area contributed by atoms with Crippen LogP contribution in [0.5, 0.6) is 0 Å². The van der Waals surface area contributed by atoms with E-state index in [0.717, 1.165) is 11.3 Å². The zero-order chi connectivity index (χ0) is 13.1. The zero-order valence-electron chi connectivity index (χ0n) is 9.51. The number of rotatable bonds is 4. The van der Waals surface area contributed by atoms with Gasteiger partial charge in [-0.05, 0) is 29.8 Å². The first-order valence-electron chi connectivity index (χ1n) is 5.43. The lowest BCUT2D eigenvalue weighted by molar-refractivity contribution is 0.0684. The number of halogens is 1. The summed E-state index contributed by atoms with van der Waals surface area (Å²) in [6, 6.07) is 10.4. The second kappa shape index (κ2) is 5.25. The molecule has 0 atom stereocenters. The Morgan fingerprint density at radius 1 is 1.17 bits per heavy atom. The lowest BCUT2D eigenvalue weighted by atomic mass is 10.1. The Kier molecular flexibility index (Phi) is 3.69. The number of aliphatic hydroxyl groups is 1. The van der Waals surface area contributed by atoms with E-state index in [1.807, 2.05) is 12.1 Å². The normalized spacial score (nSPS) is 10.6. The summed E-state index contributed by atoms with van der Waals surface area (Å²) in [6.45, 7) is 0.127. The van der Waals surface area contributed by atoms with Crippen LogP contribution in [-0.2, 0) is 6.54 Å². The SMILES string of the molecule is O=C(O)c1ccc(-c2ccc(Cl)cc2)n1CCO. The molecule has 1 heterocycles. The van der Waals surface area contributed by atoms with E-state index in [9.17, 15) is 4.79 Å². The molecular formula is C13H12ClNO3. The zero-order valence-corrected chi connectivity index (χ0v) is 10.3. The van der Waals surface area contributed by atoms with Crippen LogP contribution >= 0.6 is 11.6 Å². The van der Waals surface area contributed by atoms with E-state index < -0.39 is 5.97 Å². The first-order valence-corrected chi connectivity index (χ1v) is 5.81. The fourth-order valence-corrected chi connectivity index (χ4v) is 1.99. The van der Waals surface area contributed by atoms with E-state index in [0.29, 0.717) is 5.02 Å². The van der Waals surface area contributed by atoms with Gasteiger partial charge in [-0.3, -0.25) is 0 Å². The summed E-state index contributed by atoms with van der Waals surface area (Å²) in [7, 11) is 0. The summed E-state index contributed by atoms with van der Waals surface area (Å²) in [4.78, 5) is 11.1. The first-order chi connectivity index (χ1) is 8.63. The van der Waals surface area contributed by atoms with Crippen molar-refractivity contribution in [2.75, 3.05) is 6.61 Å². The first kappa shape index (κ1) is 12.7. The molecular weight excluding hydrogens is 254 g/mol. The third-order valence-corrected chi connectivity index (χ3v) is 2.92. The van der Waals surface area contributed by atoms with Crippen LogP contribution in [0.4, 0.5) is 0 Å². The number of aromatic carboxylic acids is 1. The second-order valence-electron chi connectivity index (χ2n) is 3.79. The maximum atomic E-state index is 11.1. The number of carbonyl (C=O) groups is 1. The van der Waals surface area contributed by atoms with Gasteiger partial charge < -0.3 is 14.8 Å². The van der Waals surface area contributed by atoms with E-state index in [1.54, 1.807) is 22.8 Å². The van der Waals surface area contributed by atoms with Crippen LogP contribution in [0.2, 0.25) is 5.02 Å². The maximum absolute atomic E-state index is 11.1. The average Bonchev–Trinajstić information content (AvgIpc) is 2.74. The summed E-state index contributed by atoms with van der Waals surface area (Å²) in [5, 5.41) is 18.7. The number of carboxylic acid groups (broad SMARTS) is 1. The summed E-state index contributed by atoms with van der Waals surface area (Å²) < 4.78 is 1.57. The molecule has 94 valence electrons. The van der Waals surface area contributed by atoms with Crippen molar-refractivity contribution in [2.45, 2.75) is 6.54 Å². The van der Waals surface area contributed by atoms with Gasteiger partial charge in [0, 0.05) is 17.3 Å². The predicted molar refractivity (Wildman–Crippen MR) is 68.9 cm³/mol. The Balaban J connectivity index is 2.50. The highest BCUT2D eigenvalue weighted by atomic mass is 35.5. The van der Waals surface area contributed by atoms with E-state index in [2.05, 4.69) is 0 Å². The van der Waals surface area contributed by atoms with Crippen LogP contribution in [0.15, 0.2) is 36.4 Å². The number of hydrogen-bond donors (Lipinski definition) is 2. The Labute approximate surface area is 109 Å². The molecule has 0 bridgehead atoms. The van der Waals surface area contributed by atoms with Crippen molar-refractivity contribution < 1.29 is 15.0 Å². The summed E-state index contributed by atoms with van der Waals surface area (Å²) in [5.41, 5.74) is 1.77. The van der Waals surface area contributed by atoms with Gasteiger partial charge in [-0.1, -0.05) is 23.7 Å². The lowest BCUT2D eigenvalue weighted by Crippen LogP contribution is -2.11. The molecule has 0 amide bonds. The largest absolute Gasteiger partial charge is 0.477 e. The van der Waals surface area contributed by atoms with Gasteiger partial charge in [0.2, 0.25) is 0 Å². The van der Waals surface area contributed by atoms with Gasteiger partial charge in [0.15, 0.2) is 0 Å². The number of benzene rings is 1. The molecule has 0 spiro atoms. The molecule has 2 rings (SSSR count). The van der Waals surface area contributed by atoms with Crippen LogP contribution in [0.1, 0.15) is 10.5 Å². The molecule has 0 aliphatic carbocycles. The number of aromatic nitrogens is 1. The minimum absolute atomic E-state index is 0.116. The Hall–Kier alpha value is -1.78. The number of aliphatic hydroxyl groups excluding tert-OH is 1. The molecule has 0 unspecified atom stereocenters. The van der Waals surface area contributed by atoms with Crippen LogP contribution < -0.4 is 0 Å². The summed E-state index contributed by atoms with van der Waals surface area (Å²) >= 11 is 5.81. The molecule has 0 fully saturated rings. The van der Waals surface area contributed by atoms with Crippen LogP contribution in [-0.4, -0.2) is 27.4 Å². The van der Waals surface area contributed by atoms with E-state index in [-0.39, 0.29) is 18.8 Å². The van der Waals surface area contributed by atoms with Gasteiger partial charge in [-0.2, -0.15) is 0 Å². The molecule has 2 aromatic rings. The molecule has 0 aliphatic heterocycles. The molecule has 2 N–H and O–H groups in total. The predicted octanol–water partition coefficient (Wildman–Crippen LogP) is 2.50. The van der Waals surface area contributed by atoms with Gasteiger partial charge in [0.1, 0.15) is 5.69 Å². The van der Waals surface area contributed by atoms with E-state index >= 15 is 0 Å². The van der Waals surface area contributed by atoms with Crippen molar-refractivity contribution in [3.05, 3.63) is 47.1 Å². The van der Waals surface area contributed by atoms with E-state index in [4.69, 9.17) is 21.8 Å². The molecule has 0 aliphatic rings. The van der Waals surface area contributed by atoms with Crippen molar-refractivity contribution in [1.29, 1.82) is 0 Å². The Morgan fingerprint density at radius 2 is 1.83 bits per heavy atom. The highest BCUT2D eigenvalue weighted by Gasteiger charge is 2.14. The van der Waals surface area contributed by atoms with Crippen LogP contribution in [0, 0.1) is 0 Å². The van der Waals surface area contributed by atoms with Crippen molar-refractivity contribution >= 4 is 17.6 Å². The van der Waals surface area contributed by atoms with Gasteiger partial charge in [-0.15, -0.1) is 0 Å². The number of nitrogens with zero attached hydrogens (tertiary/aromatic N) is 1. The molecule has 0 saturated carbocycles. The maximum Gasteiger partial charge on any atom is 0.352 e. The molecule has 0 radical (unpaired) electrons. The quantitative estimate of drug-likeness (QED) is 0.893. The van der Waals surface area contributed by atoms with Crippen molar-refractivity contribution in [3.63, 3.8) is 0 Å². The Morgan fingerprint density at radius 3 is 2.39 bits per heavy atom. The van der Waals surface area contributed by atoms with Crippen molar-refractivity contribution in [2.24, 2.45) is 0 Å². The molecule has 1 aromatic carbocycles. The number of hydrogen-bond acceptors (Lipinski definition) is 2. The molecule has 18 heavy (non-hydrogen) atoms. The summed E-state index contributed by atoms with van der Waals surface area (Å²) in [6.07, 6.45) is 0. The highest BCUT2D eigenvalue weighted by Crippen LogP contribution is 2.24. The number of carboxylic acids is 1. The van der Waals surface area contributed by atoms with E-state index in [1.165, 1.54) is 6.07 Å². The van der Waals surface area contributed by atoms with Crippen molar-refractivity contribution in [3.8, 4) is 11.3 Å². The molecule has 4 nitrogen and oxygen atoms in total.